The fourth-order valence-electron chi connectivity index (χ4n) is 2.29. The average Bonchev–Trinajstić information content (AvgIpc) is 2.60. The lowest BCUT2D eigenvalue weighted by Crippen LogP contribution is -2.29. The lowest BCUT2D eigenvalue weighted by atomic mass is 10.1. The number of carbonyl (C=O) groups excluding carboxylic acids is 1. The third-order valence-corrected chi connectivity index (χ3v) is 3.50. The van der Waals surface area contributed by atoms with E-state index in [9.17, 15) is 9.59 Å². The summed E-state index contributed by atoms with van der Waals surface area (Å²) in [7, 11) is 1.51. The number of nitrogens with zero attached hydrogens (tertiary/aromatic N) is 2. The highest BCUT2D eigenvalue weighted by atomic mass is 16.5. The summed E-state index contributed by atoms with van der Waals surface area (Å²) in [5.41, 5.74) is 0.985. The van der Waals surface area contributed by atoms with Gasteiger partial charge in [-0.05, 0) is 44.0 Å². The second kappa shape index (κ2) is 8.86. The number of aromatic nitrogens is 2. The topological polar surface area (TPSA) is 82.5 Å². The van der Waals surface area contributed by atoms with E-state index < -0.39 is 0 Å². The Balaban J connectivity index is 1.96. The summed E-state index contributed by atoms with van der Waals surface area (Å²) in [4.78, 5) is 23.4. The third kappa shape index (κ3) is 5.07. The maximum atomic E-state index is 12.1. The average molecular weight is 345 g/mol. The first-order valence-corrected chi connectivity index (χ1v) is 8.26. The molecular formula is C18H23N3O4. The normalized spacial score (nSPS) is 10.4. The number of benzene rings is 1. The summed E-state index contributed by atoms with van der Waals surface area (Å²) in [5.74, 6) is 1.10. The number of nitrogens with one attached hydrogen (secondary N) is 1. The summed E-state index contributed by atoms with van der Waals surface area (Å²) >= 11 is 0. The van der Waals surface area contributed by atoms with E-state index in [-0.39, 0.29) is 17.2 Å². The van der Waals surface area contributed by atoms with Gasteiger partial charge in [0, 0.05) is 19.7 Å². The Bertz CT molecular complexity index is 786. The van der Waals surface area contributed by atoms with Gasteiger partial charge in [0.1, 0.15) is 5.69 Å². The zero-order valence-corrected chi connectivity index (χ0v) is 14.7. The molecule has 1 heterocycles. The minimum Gasteiger partial charge on any atom is -0.490 e. The van der Waals surface area contributed by atoms with Crippen LogP contribution >= 0.6 is 0 Å². The van der Waals surface area contributed by atoms with Crippen LogP contribution in [0.3, 0.4) is 0 Å². The number of amides is 1. The molecule has 0 bridgehead atoms. The largest absolute Gasteiger partial charge is 0.490 e. The Kier molecular flexibility index (Phi) is 6.56. The van der Waals surface area contributed by atoms with Crippen LogP contribution in [0.15, 0.2) is 35.1 Å². The lowest BCUT2D eigenvalue weighted by Gasteiger charge is -2.12. The van der Waals surface area contributed by atoms with Crippen LogP contribution in [0.4, 0.5) is 0 Å². The summed E-state index contributed by atoms with van der Waals surface area (Å²) in [6.07, 6.45) is 0.643. The third-order valence-electron chi connectivity index (χ3n) is 3.50. The Morgan fingerprint density at radius 2 is 1.84 bits per heavy atom. The standard InChI is InChI=1S/C18H23N3O4/c1-4-24-15-8-6-13(12-16(15)25-5-2)10-11-19-18(23)14-7-9-17(22)21(3)20-14/h6-9,12H,4-5,10-11H2,1-3H3,(H,19,23). The Labute approximate surface area is 146 Å². The number of aryl methyl sites for hydroxylation is 1. The van der Waals surface area contributed by atoms with Gasteiger partial charge in [-0.1, -0.05) is 6.07 Å². The lowest BCUT2D eigenvalue weighted by molar-refractivity contribution is 0.0947. The molecule has 1 aromatic carbocycles. The molecule has 0 atom stereocenters. The molecule has 1 aromatic heterocycles. The van der Waals surface area contributed by atoms with E-state index in [4.69, 9.17) is 9.47 Å². The van der Waals surface area contributed by atoms with Crippen LogP contribution in [0, 0.1) is 0 Å². The van der Waals surface area contributed by atoms with Crippen LogP contribution in [-0.4, -0.2) is 35.4 Å². The molecule has 0 unspecified atom stereocenters. The van der Waals surface area contributed by atoms with Crippen molar-refractivity contribution in [1.82, 2.24) is 15.1 Å². The summed E-state index contributed by atoms with van der Waals surface area (Å²) < 4.78 is 12.3. The predicted octanol–water partition coefficient (Wildman–Crippen LogP) is 1.55. The molecule has 25 heavy (non-hydrogen) atoms. The van der Waals surface area contributed by atoms with Crippen LogP contribution in [0.2, 0.25) is 0 Å². The maximum absolute atomic E-state index is 12.1. The zero-order chi connectivity index (χ0) is 18.2. The van der Waals surface area contributed by atoms with E-state index in [1.165, 1.54) is 19.2 Å². The Morgan fingerprint density at radius 3 is 2.52 bits per heavy atom. The first-order chi connectivity index (χ1) is 12.0. The molecule has 0 aliphatic heterocycles. The van der Waals surface area contributed by atoms with Gasteiger partial charge in [0.25, 0.3) is 11.5 Å². The first-order valence-electron chi connectivity index (χ1n) is 8.26. The Morgan fingerprint density at radius 1 is 1.12 bits per heavy atom. The monoisotopic (exact) mass is 345 g/mol. The summed E-state index contributed by atoms with van der Waals surface area (Å²) in [6, 6.07) is 8.49. The minimum absolute atomic E-state index is 0.212. The van der Waals surface area contributed by atoms with Crippen LogP contribution in [0.1, 0.15) is 29.9 Å². The van der Waals surface area contributed by atoms with Crippen LogP contribution < -0.4 is 20.3 Å². The predicted molar refractivity (Wildman–Crippen MR) is 94.3 cm³/mol. The molecule has 0 saturated heterocycles. The SMILES string of the molecule is CCOc1ccc(CCNC(=O)c2ccc(=O)n(C)n2)cc1OCC. The number of hydrogen-bond donors (Lipinski definition) is 1. The van der Waals surface area contributed by atoms with Crippen molar-refractivity contribution in [3.05, 3.63) is 51.9 Å². The minimum atomic E-state index is -0.313. The number of carbonyl (C=O) groups is 1. The molecule has 0 fully saturated rings. The summed E-state index contributed by atoms with van der Waals surface area (Å²) in [6.45, 7) is 5.42. The molecule has 0 aliphatic carbocycles. The van der Waals surface area contributed by atoms with Crippen molar-refractivity contribution in [3.8, 4) is 11.5 Å². The first kappa shape index (κ1) is 18.5. The van der Waals surface area contributed by atoms with Crippen LogP contribution in [0.25, 0.3) is 0 Å². The van der Waals surface area contributed by atoms with Crippen molar-refractivity contribution in [1.29, 1.82) is 0 Å². The van der Waals surface area contributed by atoms with Gasteiger partial charge in [-0.15, -0.1) is 0 Å². The van der Waals surface area contributed by atoms with E-state index >= 15 is 0 Å². The van der Waals surface area contributed by atoms with Gasteiger partial charge in [-0.2, -0.15) is 5.10 Å². The number of ether oxygens (including phenoxy) is 2. The van der Waals surface area contributed by atoms with Gasteiger partial charge in [-0.25, -0.2) is 4.68 Å². The highest BCUT2D eigenvalue weighted by Gasteiger charge is 2.09. The molecule has 134 valence electrons. The number of hydrogen-bond acceptors (Lipinski definition) is 5. The van der Waals surface area contributed by atoms with Gasteiger partial charge in [0.15, 0.2) is 11.5 Å². The number of rotatable bonds is 8. The van der Waals surface area contributed by atoms with Crippen molar-refractivity contribution < 1.29 is 14.3 Å². The highest BCUT2D eigenvalue weighted by Crippen LogP contribution is 2.28. The van der Waals surface area contributed by atoms with Gasteiger partial charge < -0.3 is 14.8 Å². The molecule has 7 heteroatoms. The second-order valence-electron chi connectivity index (χ2n) is 5.33. The molecule has 1 amide bonds. The molecule has 0 spiro atoms. The van der Waals surface area contributed by atoms with E-state index in [0.29, 0.717) is 37.7 Å². The fraction of sp³-hybridized carbons (Fsp3) is 0.389. The van der Waals surface area contributed by atoms with Crippen molar-refractivity contribution >= 4 is 5.91 Å². The summed E-state index contributed by atoms with van der Waals surface area (Å²) in [5, 5.41) is 6.72. The molecule has 2 rings (SSSR count). The van der Waals surface area contributed by atoms with Crippen molar-refractivity contribution in [2.24, 2.45) is 7.05 Å². The van der Waals surface area contributed by atoms with E-state index in [2.05, 4.69) is 10.4 Å². The quantitative estimate of drug-likeness (QED) is 0.785. The molecule has 0 aliphatic rings. The smallest absolute Gasteiger partial charge is 0.271 e. The Hall–Kier alpha value is -2.83. The second-order valence-corrected chi connectivity index (χ2v) is 5.33. The van der Waals surface area contributed by atoms with E-state index in [0.717, 1.165) is 10.2 Å². The molecule has 0 radical (unpaired) electrons. The maximum Gasteiger partial charge on any atom is 0.271 e. The zero-order valence-electron chi connectivity index (χ0n) is 14.7. The van der Waals surface area contributed by atoms with E-state index in [1.807, 2.05) is 32.0 Å². The van der Waals surface area contributed by atoms with Gasteiger partial charge in [-0.3, -0.25) is 9.59 Å². The fourth-order valence-corrected chi connectivity index (χ4v) is 2.29. The molecule has 1 N–H and O–H groups in total. The van der Waals surface area contributed by atoms with Gasteiger partial charge in [0.2, 0.25) is 0 Å². The highest BCUT2D eigenvalue weighted by molar-refractivity contribution is 5.91. The van der Waals surface area contributed by atoms with Crippen molar-refractivity contribution in [2.45, 2.75) is 20.3 Å². The van der Waals surface area contributed by atoms with Crippen LogP contribution in [-0.2, 0) is 13.5 Å². The van der Waals surface area contributed by atoms with E-state index in [1.54, 1.807) is 0 Å². The molecule has 7 nitrogen and oxygen atoms in total. The molecule has 0 saturated carbocycles. The molecule has 2 aromatic rings. The van der Waals surface area contributed by atoms with Gasteiger partial charge >= 0.3 is 0 Å². The van der Waals surface area contributed by atoms with Crippen LogP contribution in [0.5, 0.6) is 11.5 Å². The van der Waals surface area contributed by atoms with Crippen molar-refractivity contribution in [2.75, 3.05) is 19.8 Å². The van der Waals surface area contributed by atoms with Gasteiger partial charge in [0.05, 0.1) is 13.2 Å². The molecular weight excluding hydrogens is 322 g/mol. The van der Waals surface area contributed by atoms with Crippen molar-refractivity contribution in [3.63, 3.8) is 0 Å².